The average molecular weight is 264 g/mol. The zero-order chi connectivity index (χ0) is 13.0. The van der Waals surface area contributed by atoms with Crippen LogP contribution in [0.2, 0.25) is 0 Å². The number of rotatable bonds is 4. The summed E-state index contributed by atoms with van der Waals surface area (Å²) in [7, 11) is 0. The summed E-state index contributed by atoms with van der Waals surface area (Å²) in [5.74, 6) is 0. The van der Waals surface area contributed by atoms with E-state index in [4.69, 9.17) is 22.7 Å². The highest BCUT2D eigenvalue weighted by molar-refractivity contribution is 7.80. The van der Waals surface area contributed by atoms with Gasteiger partial charge in [-0.2, -0.15) is 0 Å². The first kappa shape index (κ1) is 13.5. The fraction of sp³-hybridized carbons (Fsp3) is 0.500. The molecule has 1 aromatic rings. The third kappa shape index (κ3) is 3.28. The lowest BCUT2D eigenvalue weighted by Gasteiger charge is -2.32. The highest BCUT2D eigenvalue weighted by atomic mass is 32.1. The molecule has 0 bridgehead atoms. The summed E-state index contributed by atoms with van der Waals surface area (Å²) in [5, 5.41) is 0. The van der Waals surface area contributed by atoms with Gasteiger partial charge in [0.05, 0.1) is 12.7 Å². The molecule has 0 spiro atoms. The lowest BCUT2D eigenvalue weighted by atomic mass is 10.1. The molecule has 1 fully saturated rings. The molecule has 1 aliphatic rings. The van der Waals surface area contributed by atoms with E-state index in [9.17, 15) is 0 Å². The van der Waals surface area contributed by atoms with Crippen LogP contribution in [0.5, 0.6) is 0 Å². The maximum atomic E-state index is 5.76. The van der Waals surface area contributed by atoms with Gasteiger partial charge in [-0.1, -0.05) is 43.4 Å². The molecule has 1 aromatic carbocycles. The van der Waals surface area contributed by atoms with Crippen LogP contribution in [0.25, 0.3) is 0 Å². The van der Waals surface area contributed by atoms with Gasteiger partial charge in [0.25, 0.3) is 0 Å². The molecule has 1 atom stereocenters. The van der Waals surface area contributed by atoms with Gasteiger partial charge in [0.2, 0.25) is 0 Å². The van der Waals surface area contributed by atoms with Gasteiger partial charge in [0.15, 0.2) is 0 Å². The molecule has 1 aliphatic heterocycles. The Morgan fingerprint density at radius 1 is 1.50 bits per heavy atom. The standard InChI is InChI=1S/C14H20N2OS/c1-2-12-10-16(7-8-17-12)9-11-5-3-4-6-13(11)14(15)18/h3-6,12H,2,7-10H2,1H3,(H2,15,18). The minimum atomic E-state index is 0.357. The first-order valence-electron chi connectivity index (χ1n) is 6.42. The van der Waals surface area contributed by atoms with E-state index >= 15 is 0 Å². The normalized spacial score (nSPS) is 20.8. The van der Waals surface area contributed by atoms with Crippen LogP contribution in [0.4, 0.5) is 0 Å². The van der Waals surface area contributed by atoms with Gasteiger partial charge in [-0.25, -0.2) is 0 Å². The predicted octanol–water partition coefficient (Wildman–Crippen LogP) is 1.93. The maximum absolute atomic E-state index is 5.76. The van der Waals surface area contributed by atoms with Gasteiger partial charge < -0.3 is 10.5 Å². The number of morpholine rings is 1. The van der Waals surface area contributed by atoms with Crippen molar-refractivity contribution in [3.05, 3.63) is 35.4 Å². The Labute approximate surface area is 114 Å². The molecule has 2 rings (SSSR count). The zero-order valence-corrected chi connectivity index (χ0v) is 11.6. The first-order valence-corrected chi connectivity index (χ1v) is 6.83. The number of benzene rings is 1. The molecule has 1 saturated heterocycles. The van der Waals surface area contributed by atoms with Gasteiger partial charge >= 0.3 is 0 Å². The van der Waals surface area contributed by atoms with E-state index in [0.717, 1.165) is 38.2 Å². The number of ether oxygens (including phenoxy) is 1. The predicted molar refractivity (Wildman–Crippen MR) is 77.6 cm³/mol. The van der Waals surface area contributed by atoms with Crippen molar-refractivity contribution in [2.75, 3.05) is 19.7 Å². The highest BCUT2D eigenvalue weighted by Crippen LogP contribution is 2.15. The molecule has 0 amide bonds. The van der Waals surface area contributed by atoms with E-state index in [0.29, 0.717) is 11.1 Å². The Hall–Kier alpha value is -0.970. The van der Waals surface area contributed by atoms with Crippen LogP contribution in [0.15, 0.2) is 24.3 Å². The number of hydrogen-bond acceptors (Lipinski definition) is 3. The fourth-order valence-corrected chi connectivity index (χ4v) is 2.51. The monoisotopic (exact) mass is 264 g/mol. The number of nitrogens with two attached hydrogens (primary N) is 1. The lowest BCUT2D eigenvalue weighted by molar-refractivity contribution is -0.0324. The van der Waals surface area contributed by atoms with Crippen LogP contribution >= 0.6 is 12.2 Å². The Morgan fingerprint density at radius 2 is 2.28 bits per heavy atom. The Kier molecular flexibility index (Phi) is 4.69. The number of hydrogen-bond donors (Lipinski definition) is 1. The van der Waals surface area contributed by atoms with Crippen LogP contribution in [-0.2, 0) is 11.3 Å². The Bertz CT molecular complexity index is 422. The summed E-state index contributed by atoms with van der Waals surface area (Å²) in [6.07, 6.45) is 1.42. The summed E-state index contributed by atoms with van der Waals surface area (Å²) < 4.78 is 5.68. The summed E-state index contributed by atoms with van der Waals surface area (Å²) in [6, 6.07) is 8.11. The van der Waals surface area contributed by atoms with E-state index in [-0.39, 0.29) is 0 Å². The zero-order valence-electron chi connectivity index (χ0n) is 10.8. The van der Waals surface area contributed by atoms with E-state index in [1.165, 1.54) is 5.56 Å². The van der Waals surface area contributed by atoms with Gasteiger partial charge in [-0.05, 0) is 12.0 Å². The summed E-state index contributed by atoms with van der Waals surface area (Å²) in [5.41, 5.74) is 7.96. The fourth-order valence-electron chi connectivity index (χ4n) is 2.31. The van der Waals surface area contributed by atoms with Crippen LogP contribution in [0.1, 0.15) is 24.5 Å². The second-order valence-corrected chi connectivity index (χ2v) is 5.10. The molecular weight excluding hydrogens is 244 g/mol. The van der Waals surface area contributed by atoms with Crippen LogP contribution < -0.4 is 5.73 Å². The second-order valence-electron chi connectivity index (χ2n) is 4.66. The minimum absolute atomic E-state index is 0.357. The van der Waals surface area contributed by atoms with Gasteiger partial charge in [0, 0.05) is 25.2 Å². The molecule has 4 heteroatoms. The second kappa shape index (κ2) is 6.27. The topological polar surface area (TPSA) is 38.5 Å². The van der Waals surface area contributed by atoms with E-state index in [1.54, 1.807) is 0 Å². The molecule has 0 aromatic heterocycles. The van der Waals surface area contributed by atoms with Crippen molar-refractivity contribution >= 4 is 17.2 Å². The van der Waals surface area contributed by atoms with Crippen LogP contribution in [0, 0.1) is 0 Å². The van der Waals surface area contributed by atoms with E-state index < -0.39 is 0 Å². The van der Waals surface area contributed by atoms with E-state index in [2.05, 4.69) is 17.9 Å². The first-order chi connectivity index (χ1) is 8.70. The lowest BCUT2D eigenvalue weighted by Crippen LogP contribution is -2.41. The molecule has 1 heterocycles. The number of nitrogens with zero attached hydrogens (tertiary/aromatic N) is 1. The number of thiocarbonyl (C=S) groups is 1. The van der Waals surface area contributed by atoms with Gasteiger partial charge in [0.1, 0.15) is 4.99 Å². The summed E-state index contributed by atoms with van der Waals surface area (Å²) in [6.45, 7) is 5.84. The molecule has 2 N–H and O–H groups in total. The Morgan fingerprint density at radius 3 is 3.00 bits per heavy atom. The molecule has 0 saturated carbocycles. The summed E-state index contributed by atoms with van der Waals surface area (Å²) in [4.78, 5) is 2.89. The molecule has 18 heavy (non-hydrogen) atoms. The largest absolute Gasteiger partial charge is 0.389 e. The van der Waals surface area contributed by atoms with Crippen LogP contribution in [-0.4, -0.2) is 35.7 Å². The van der Waals surface area contributed by atoms with Crippen LogP contribution in [0.3, 0.4) is 0 Å². The van der Waals surface area contributed by atoms with E-state index in [1.807, 2.05) is 18.2 Å². The average Bonchev–Trinajstić information content (AvgIpc) is 2.39. The third-order valence-electron chi connectivity index (χ3n) is 3.36. The quantitative estimate of drug-likeness (QED) is 0.843. The minimum Gasteiger partial charge on any atom is -0.389 e. The third-order valence-corrected chi connectivity index (χ3v) is 3.57. The van der Waals surface area contributed by atoms with Crippen molar-refractivity contribution in [2.45, 2.75) is 26.0 Å². The van der Waals surface area contributed by atoms with Gasteiger partial charge in [-0.3, -0.25) is 4.90 Å². The molecular formula is C14H20N2OS. The smallest absolute Gasteiger partial charge is 0.104 e. The molecule has 0 radical (unpaired) electrons. The SMILES string of the molecule is CCC1CN(Cc2ccccc2C(N)=S)CCO1. The molecule has 0 aliphatic carbocycles. The summed E-state index contributed by atoms with van der Waals surface area (Å²) >= 11 is 5.10. The Balaban J connectivity index is 2.07. The van der Waals surface area contributed by atoms with Crippen molar-refractivity contribution in [3.63, 3.8) is 0 Å². The highest BCUT2D eigenvalue weighted by Gasteiger charge is 2.19. The molecule has 3 nitrogen and oxygen atoms in total. The molecule has 98 valence electrons. The molecule has 1 unspecified atom stereocenters. The van der Waals surface area contributed by atoms with Crippen molar-refractivity contribution < 1.29 is 4.74 Å². The van der Waals surface area contributed by atoms with Crippen molar-refractivity contribution in [1.29, 1.82) is 0 Å². The van der Waals surface area contributed by atoms with Crippen molar-refractivity contribution in [1.82, 2.24) is 4.90 Å². The van der Waals surface area contributed by atoms with Crippen molar-refractivity contribution in [3.8, 4) is 0 Å². The maximum Gasteiger partial charge on any atom is 0.104 e. The van der Waals surface area contributed by atoms with Gasteiger partial charge in [-0.15, -0.1) is 0 Å². The van der Waals surface area contributed by atoms with Crippen molar-refractivity contribution in [2.24, 2.45) is 5.73 Å².